The van der Waals surface area contributed by atoms with E-state index in [2.05, 4.69) is 5.32 Å². The van der Waals surface area contributed by atoms with Gasteiger partial charge in [-0.05, 0) is 38.1 Å². The molecule has 1 atom stereocenters. The number of aryl methyl sites for hydroxylation is 2. The molecule has 1 N–H and O–H groups in total. The van der Waals surface area contributed by atoms with Gasteiger partial charge in [-0.3, -0.25) is 14.5 Å². The number of para-hydroxylation sites is 2. The van der Waals surface area contributed by atoms with Gasteiger partial charge in [0.1, 0.15) is 6.04 Å². The Balaban J connectivity index is 1.87. The summed E-state index contributed by atoms with van der Waals surface area (Å²) >= 11 is 0. The van der Waals surface area contributed by atoms with Crippen LogP contribution in [0.15, 0.2) is 42.5 Å². The Kier molecular flexibility index (Phi) is 5.82. The third-order valence-electron chi connectivity index (χ3n) is 4.56. The molecule has 0 aromatic heterocycles. The van der Waals surface area contributed by atoms with Crippen LogP contribution in [-0.2, 0) is 14.3 Å². The fourth-order valence-electron chi connectivity index (χ4n) is 3.37. The van der Waals surface area contributed by atoms with Crippen LogP contribution in [-0.4, -0.2) is 36.6 Å². The Hall–Kier alpha value is -3.36. The molecule has 0 spiro atoms. The van der Waals surface area contributed by atoms with Gasteiger partial charge in [-0.1, -0.05) is 29.3 Å². The van der Waals surface area contributed by atoms with Gasteiger partial charge in [0.05, 0.1) is 23.4 Å². The van der Waals surface area contributed by atoms with E-state index in [1.54, 1.807) is 26.0 Å². The summed E-state index contributed by atoms with van der Waals surface area (Å²) in [6.45, 7) is 2.66. The van der Waals surface area contributed by atoms with Crippen LogP contribution in [0.25, 0.3) is 0 Å². The van der Waals surface area contributed by atoms with Gasteiger partial charge < -0.3 is 10.1 Å². The molecule has 2 amide bonds. The summed E-state index contributed by atoms with van der Waals surface area (Å²) in [6, 6.07) is 8.24. The number of anilines is 2. The quantitative estimate of drug-likeness (QED) is 0.768. The molecule has 1 aliphatic rings. The second-order valence-electron chi connectivity index (χ2n) is 7.04. The molecule has 2 aromatic rings. The number of carbonyl (C=O) groups is 3. The molecule has 0 aliphatic carbocycles. The Morgan fingerprint density at radius 3 is 2.40 bits per heavy atom. The highest BCUT2D eigenvalue weighted by Crippen LogP contribution is 2.37. The fourth-order valence-corrected chi connectivity index (χ4v) is 3.37. The second kappa shape index (κ2) is 8.17. The molecular formula is C21H19F3N2O4. The highest BCUT2D eigenvalue weighted by molar-refractivity contribution is 6.05. The number of rotatable bonds is 3. The number of benzene rings is 2. The fraction of sp³-hybridized carbons (Fsp3) is 0.286. The zero-order chi connectivity index (χ0) is 22.1. The van der Waals surface area contributed by atoms with Crippen molar-refractivity contribution in [1.82, 2.24) is 0 Å². The van der Waals surface area contributed by atoms with Crippen LogP contribution in [0.4, 0.5) is 24.5 Å². The number of hydrogen-bond acceptors (Lipinski definition) is 4. The molecule has 6 nitrogen and oxygen atoms in total. The van der Waals surface area contributed by atoms with Crippen LogP contribution < -0.4 is 10.2 Å². The van der Waals surface area contributed by atoms with Gasteiger partial charge in [0.25, 0.3) is 5.91 Å². The Morgan fingerprint density at radius 1 is 1.13 bits per heavy atom. The van der Waals surface area contributed by atoms with Gasteiger partial charge >= 0.3 is 12.1 Å². The van der Waals surface area contributed by atoms with E-state index >= 15 is 0 Å². The van der Waals surface area contributed by atoms with E-state index in [9.17, 15) is 27.6 Å². The first-order valence-electron chi connectivity index (χ1n) is 9.09. The van der Waals surface area contributed by atoms with Gasteiger partial charge in [-0.15, -0.1) is 0 Å². The summed E-state index contributed by atoms with van der Waals surface area (Å²) < 4.78 is 46.0. The van der Waals surface area contributed by atoms with E-state index in [-0.39, 0.29) is 16.9 Å². The first kappa shape index (κ1) is 21.4. The lowest BCUT2D eigenvalue weighted by molar-refractivity contribution is -0.158. The van der Waals surface area contributed by atoms with Gasteiger partial charge in [-0.2, -0.15) is 13.2 Å². The average molecular weight is 420 g/mol. The number of carbonyl (C=O) groups excluding carboxylic acids is 3. The van der Waals surface area contributed by atoms with Crippen LogP contribution in [0.2, 0.25) is 0 Å². The lowest BCUT2D eigenvalue weighted by Gasteiger charge is -2.31. The molecule has 0 radical (unpaired) electrons. The summed E-state index contributed by atoms with van der Waals surface area (Å²) in [6.07, 6.45) is -5.82. The first-order chi connectivity index (χ1) is 14.1. The minimum absolute atomic E-state index is 0.0724. The van der Waals surface area contributed by atoms with Crippen molar-refractivity contribution in [2.45, 2.75) is 32.5 Å². The van der Waals surface area contributed by atoms with Crippen molar-refractivity contribution in [3.63, 3.8) is 0 Å². The van der Waals surface area contributed by atoms with E-state index in [0.29, 0.717) is 4.90 Å². The van der Waals surface area contributed by atoms with Gasteiger partial charge in [0.2, 0.25) is 5.91 Å². The molecule has 1 aliphatic heterocycles. The smallest absolute Gasteiger partial charge is 0.409 e. The van der Waals surface area contributed by atoms with Crippen molar-refractivity contribution in [3.05, 3.63) is 59.2 Å². The predicted octanol–water partition coefficient (Wildman–Crippen LogP) is 3.77. The van der Waals surface area contributed by atoms with Crippen molar-refractivity contribution < 1.29 is 32.3 Å². The molecule has 0 fully saturated rings. The van der Waals surface area contributed by atoms with Crippen molar-refractivity contribution in [1.29, 1.82) is 0 Å². The Bertz CT molecular complexity index is 984. The summed E-state index contributed by atoms with van der Waals surface area (Å²) in [5.74, 6) is -2.78. The van der Waals surface area contributed by atoms with Crippen molar-refractivity contribution >= 4 is 29.2 Å². The minimum Gasteiger partial charge on any atom is -0.452 e. The zero-order valence-corrected chi connectivity index (χ0v) is 16.2. The van der Waals surface area contributed by atoms with E-state index in [1.165, 1.54) is 24.3 Å². The summed E-state index contributed by atoms with van der Waals surface area (Å²) in [5.41, 5.74) is 1.76. The maximum atomic E-state index is 13.7. The highest BCUT2D eigenvalue weighted by atomic mass is 19.4. The number of halogens is 3. The number of esters is 1. The van der Waals surface area contributed by atoms with Crippen LogP contribution in [0.1, 0.15) is 27.9 Å². The number of alkyl halides is 3. The number of hydrogen-bond donors (Lipinski definition) is 1. The Labute approximate surface area is 170 Å². The van der Waals surface area contributed by atoms with Crippen molar-refractivity contribution in [2.24, 2.45) is 0 Å². The predicted molar refractivity (Wildman–Crippen MR) is 103 cm³/mol. The Morgan fingerprint density at radius 2 is 1.77 bits per heavy atom. The largest absolute Gasteiger partial charge is 0.452 e. The molecule has 30 heavy (non-hydrogen) atoms. The summed E-state index contributed by atoms with van der Waals surface area (Å²) in [7, 11) is 0. The maximum Gasteiger partial charge on any atom is 0.409 e. The van der Waals surface area contributed by atoms with Crippen molar-refractivity contribution in [3.8, 4) is 0 Å². The van der Waals surface area contributed by atoms with Crippen molar-refractivity contribution in [2.75, 3.05) is 16.8 Å². The standard InChI is InChI=1S/C21H19F3N2O4/c1-12-7-13(2)9-14(8-12)20(29)30-11-19(28)26-16-6-4-3-5-15(16)25-18(27)10-17(26)21(22,23)24/h3-9,17H,10-11H2,1-2H3,(H,25,27). The minimum atomic E-state index is -4.86. The van der Waals surface area contributed by atoms with E-state index < -0.39 is 43.0 Å². The zero-order valence-electron chi connectivity index (χ0n) is 16.2. The van der Waals surface area contributed by atoms with Crippen LogP contribution in [0, 0.1) is 13.8 Å². The molecule has 1 heterocycles. The molecular weight excluding hydrogens is 401 g/mol. The van der Waals surface area contributed by atoms with Crippen LogP contribution in [0.5, 0.6) is 0 Å². The second-order valence-corrected chi connectivity index (χ2v) is 7.04. The molecule has 9 heteroatoms. The van der Waals surface area contributed by atoms with E-state index in [1.807, 2.05) is 6.07 Å². The highest BCUT2D eigenvalue weighted by Gasteiger charge is 2.49. The van der Waals surface area contributed by atoms with Gasteiger partial charge in [-0.25, -0.2) is 4.79 Å². The molecule has 0 saturated heterocycles. The SMILES string of the molecule is Cc1cc(C)cc(C(=O)OCC(=O)N2c3ccccc3NC(=O)CC2C(F)(F)F)c1. The summed E-state index contributed by atoms with van der Waals surface area (Å²) in [4.78, 5) is 37.5. The number of amides is 2. The molecule has 3 rings (SSSR count). The number of ether oxygens (including phenoxy) is 1. The lowest BCUT2D eigenvalue weighted by atomic mass is 10.1. The van der Waals surface area contributed by atoms with Gasteiger partial charge in [0.15, 0.2) is 6.61 Å². The third-order valence-corrected chi connectivity index (χ3v) is 4.56. The first-order valence-corrected chi connectivity index (χ1v) is 9.09. The van der Waals surface area contributed by atoms with Gasteiger partial charge in [0, 0.05) is 0 Å². The maximum absolute atomic E-state index is 13.7. The molecule has 2 aromatic carbocycles. The molecule has 158 valence electrons. The van der Waals surface area contributed by atoms with E-state index in [4.69, 9.17) is 4.74 Å². The van der Waals surface area contributed by atoms with Crippen LogP contribution in [0.3, 0.4) is 0 Å². The summed E-state index contributed by atoms with van der Waals surface area (Å²) in [5, 5.41) is 2.37. The average Bonchev–Trinajstić information content (AvgIpc) is 2.80. The monoisotopic (exact) mass is 420 g/mol. The topological polar surface area (TPSA) is 75.7 Å². The third kappa shape index (κ3) is 4.61. The number of nitrogens with one attached hydrogen (secondary N) is 1. The number of fused-ring (bicyclic) bond motifs is 1. The molecule has 0 saturated carbocycles. The number of nitrogens with zero attached hydrogens (tertiary/aromatic N) is 1. The van der Waals surface area contributed by atoms with Crippen LogP contribution >= 0.6 is 0 Å². The molecule has 1 unspecified atom stereocenters. The normalized spacial score (nSPS) is 16.4. The molecule has 0 bridgehead atoms. The lowest BCUT2D eigenvalue weighted by Crippen LogP contribution is -2.51. The van der Waals surface area contributed by atoms with E-state index in [0.717, 1.165) is 11.1 Å².